The molecule has 0 spiro atoms. The number of hydrogen-bond acceptors (Lipinski definition) is 3. The van der Waals surface area contributed by atoms with Crippen molar-refractivity contribution in [1.82, 2.24) is 10.3 Å². The Bertz CT molecular complexity index is 444. The average molecular weight is 270 g/mol. The number of anilines is 1. The summed E-state index contributed by atoms with van der Waals surface area (Å²) in [6.45, 7) is 9.10. The van der Waals surface area contributed by atoms with Gasteiger partial charge < -0.3 is 11.1 Å². The van der Waals surface area contributed by atoms with Crippen molar-refractivity contribution >= 4 is 23.3 Å². The molecule has 0 saturated heterocycles. The fourth-order valence-electron chi connectivity index (χ4n) is 1.19. The van der Waals surface area contributed by atoms with E-state index < -0.39 is 0 Å². The highest BCUT2D eigenvalue weighted by Gasteiger charge is 2.23. The summed E-state index contributed by atoms with van der Waals surface area (Å²) in [5, 5.41) is 3.19. The van der Waals surface area contributed by atoms with Gasteiger partial charge in [0.1, 0.15) is 5.82 Å². The first-order valence-corrected chi connectivity index (χ1v) is 6.31. The van der Waals surface area contributed by atoms with Gasteiger partial charge in [-0.3, -0.25) is 4.79 Å². The number of nitrogen functional groups attached to an aromatic ring is 1. The molecule has 1 aromatic rings. The van der Waals surface area contributed by atoms with Gasteiger partial charge in [-0.15, -0.1) is 0 Å². The predicted molar refractivity (Wildman–Crippen MR) is 74.6 cm³/mol. The van der Waals surface area contributed by atoms with Crippen LogP contribution in [0.25, 0.3) is 0 Å². The number of nitrogens with one attached hydrogen (secondary N) is 1. The van der Waals surface area contributed by atoms with E-state index in [9.17, 15) is 4.79 Å². The molecule has 0 fully saturated rings. The largest absolute Gasteiger partial charge is 0.382 e. The number of rotatable bonds is 4. The van der Waals surface area contributed by atoms with Gasteiger partial charge in [0.15, 0.2) is 0 Å². The fraction of sp³-hybridized carbons (Fsp3) is 0.538. The van der Waals surface area contributed by atoms with Crippen molar-refractivity contribution in [2.75, 3.05) is 12.3 Å². The number of carbonyl (C=O) groups is 1. The Kier molecular flexibility index (Phi) is 4.57. The van der Waals surface area contributed by atoms with Crippen molar-refractivity contribution in [3.63, 3.8) is 0 Å². The van der Waals surface area contributed by atoms with Crippen LogP contribution >= 0.6 is 11.6 Å². The third-order valence-electron chi connectivity index (χ3n) is 3.40. The summed E-state index contributed by atoms with van der Waals surface area (Å²) in [7, 11) is 0. The summed E-state index contributed by atoms with van der Waals surface area (Å²) in [5.74, 6) is 0.528. The minimum Gasteiger partial charge on any atom is -0.382 e. The third-order valence-corrected chi connectivity index (χ3v) is 3.70. The van der Waals surface area contributed by atoms with Crippen molar-refractivity contribution in [2.24, 2.45) is 11.3 Å². The van der Waals surface area contributed by atoms with E-state index in [1.807, 2.05) is 0 Å². The summed E-state index contributed by atoms with van der Waals surface area (Å²) in [4.78, 5) is 15.8. The first-order chi connectivity index (χ1) is 8.24. The molecule has 0 saturated carbocycles. The minimum atomic E-state index is -0.182. The number of nitrogens with two attached hydrogens (primary N) is 1. The van der Waals surface area contributed by atoms with Crippen molar-refractivity contribution in [2.45, 2.75) is 27.7 Å². The second-order valence-corrected chi connectivity index (χ2v) is 5.82. The molecule has 3 N–H and O–H groups in total. The molecule has 100 valence electrons. The second-order valence-electron chi connectivity index (χ2n) is 5.42. The van der Waals surface area contributed by atoms with Crippen LogP contribution in [-0.4, -0.2) is 17.4 Å². The number of hydrogen-bond donors (Lipinski definition) is 2. The maximum atomic E-state index is 11.9. The quantitative estimate of drug-likeness (QED) is 0.883. The summed E-state index contributed by atoms with van der Waals surface area (Å²) >= 11 is 5.83. The Morgan fingerprint density at radius 1 is 1.56 bits per heavy atom. The molecule has 0 aromatic carbocycles. The van der Waals surface area contributed by atoms with Crippen molar-refractivity contribution in [1.29, 1.82) is 0 Å². The highest BCUT2D eigenvalue weighted by atomic mass is 35.5. The zero-order valence-electron chi connectivity index (χ0n) is 11.2. The summed E-state index contributed by atoms with van der Waals surface area (Å²) in [6, 6.07) is 1.53. The lowest BCUT2D eigenvalue weighted by molar-refractivity contribution is 0.0924. The van der Waals surface area contributed by atoms with E-state index in [1.54, 1.807) is 0 Å². The number of amides is 1. The van der Waals surface area contributed by atoms with Crippen LogP contribution in [0.15, 0.2) is 12.3 Å². The molecular formula is C13H20ClN3O. The lowest BCUT2D eigenvalue weighted by Gasteiger charge is -2.29. The Morgan fingerprint density at radius 2 is 2.17 bits per heavy atom. The van der Waals surface area contributed by atoms with Gasteiger partial charge in [0, 0.05) is 12.7 Å². The molecule has 0 atom stereocenters. The normalized spacial score (nSPS) is 11.7. The number of nitrogens with zero attached hydrogens (tertiary/aromatic N) is 1. The molecule has 4 nitrogen and oxygen atoms in total. The van der Waals surface area contributed by atoms with Gasteiger partial charge in [-0.2, -0.15) is 0 Å². The number of aromatic nitrogens is 1. The Balaban J connectivity index is 2.69. The molecule has 0 aliphatic rings. The maximum absolute atomic E-state index is 11.9. The molecule has 0 aliphatic heterocycles. The van der Waals surface area contributed by atoms with Gasteiger partial charge in [0.2, 0.25) is 0 Å². The highest BCUT2D eigenvalue weighted by Crippen LogP contribution is 2.25. The standard InChI is InChI=1S/C13H20ClN3O/c1-8(2)13(3,4)7-17-12(18)9-5-10(14)11(15)16-6-9/h5-6,8H,7H2,1-4H3,(H2,15,16)(H,17,18). The van der Waals surface area contributed by atoms with Crippen molar-refractivity contribution in [3.8, 4) is 0 Å². The van der Waals surface area contributed by atoms with Crippen LogP contribution in [0.2, 0.25) is 5.02 Å². The van der Waals surface area contributed by atoms with E-state index in [4.69, 9.17) is 17.3 Å². The molecule has 0 bridgehead atoms. The van der Waals surface area contributed by atoms with Crippen LogP contribution in [0.5, 0.6) is 0 Å². The summed E-state index contributed by atoms with van der Waals surface area (Å²) < 4.78 is 0. The lowest BCUT2D eigenvalue weighted by atomic mass is 9.81. The molecule has 1 rings (SSSR count). The first-order valence-electron chi connectivity index (χ1n) is 5.93. The Hall–Kier alpha value is -1.29. The summed E-state index contributed by atoms with van der Waals surface area (Å²) in [6.07, 6.45) is 1.43. The van der Waals surface area contributed by atoms with E-state index >= 15 is 0 Å². The smallest absolute Gasteiger partial charge is 0.252 e. The lowest BCUT2D eigenvalue weighted by Crippen LogP contribution is -2.37. The van der Waals surface area contributed by atoms with Crippen LogP contribution in [0, 0.1) is 11.3 Å². The topological polar surface area (TPSA) is 68.0 Å². The van der Waals surface area contributed by atoms with Crippen LogP contribution in [-0.2, 0) is 0 Å². The van der Waals surface area contributed by atoms with Gasteiger partial charge in [0.25, 0.3) is 5.91 Å². The average Bonchev–Trinajstić information content (AvgIpc) is 2.29. The van der Waals surface area contributed by atoms with Gasteiger partial charge in [0.05, 0.1) is 10.6 Å². The highest BCUT2D eigenvalue weighted by molar-refractivity contribution is 6.33. The Labute approximate surface area is 113 Å². The minimum absolute atomic E-state index is 0.0424. The van der Waals surface area contributed by atoms with Crippen LogP contribution < -0.4 is 11.1 Å². The molecule has 5 heteroatoms. The maximum Gasteiger partial charge on any atom is 0.252 e. The SMILES string of the molecule is CC(C)C(C)(C)CNC(=O)c1cnc(N)c(Cl)c1. The van der Waals surface area contributed by atoms with Gasteiger partial charge in [-0.25, -0.2) is 4.98 Å². The van der Waals surface area contributed by atoms with E-state index in [0.717, 1.165) is 0 Å². The molecule has 0 unspecified atom stereocenters. The van der Waals surface area contributed by atoms with E-state index in [2.05, 4.69) is 38.0 Å². The van der Waals surface area contributed by atoms with E-state index in [-0.39, 0.29) is 17.1 Å². The molecule has 0 radical (unpaired) electrons. The number of carbonyl (C=O) groups excluding carboxylic acids is 1. The van der Waals surface area contributed by atoms with Crippen LogP contribution in [0.4, 0.5) is 5.82 Å². The molecular weight excluding hydrogens is 250 g/mol. The second kappa shape index (κ2) is 5.57. The van der Waals surface area contributed by atoms with E-state index in [1.165, 1.54) is 12.3 Å². The van der Waals surface area contributed by atoms with Gasteiger partial charge >= 0.3 is 0 Å². The third kappa shape index (κ3) is 3.60. The molecule has 1 heterocycles. The summed E-state index contributed by atoms with van der Waals surface area (Å²) in [5.41, 5.74) is 5.96. The monoisotopic (exact) mass is 269 g/mol. The fourth-order valence-corrected chi connectivity index (χ4v) is 1.35. The molecule has 1 aromatic heterocycles. The zero-order valence-corrected chi connectivity index (χ0v) is 12.0. The van der Waals surface area contributed by atoms with Gasteiger partial charge in [-0.05, 0) is 17.4 Å². The first kappa shape index (κ1) is 14.8. The molecule has 0 aliphatic carbocycles. The van der Waals surface area contributed by atoms with Crippen molar-refractivity contribution < 1.29 is 4.79 Å². The Morgan fingerprint density at radius 3 is 2.67 bits per heavy atom. The molecule has 18 heavy (non-hydrogen) atoms. The predicted octanol–water partition coefficient (Wildman–Crippen LogP) is 2.73. The van der Waals surface area contributed by atoms with Gasteiger partial charge in [-0.1, -0.05) is 39.3 Å². The van der Waals surface area contributed by atoms with Crippen LogP contribution in [0.1, 0.15) is 38.1 Å². The van der Waals surface area contributed by atoms with E-state index in [0.29, 0.717) is 23.0 Å². The van der Waals surface area contributed by atoms with Crippen molar-refractivity contribution in [3.05, 3.63) is 22.8 Å². The van der Waals surface area contributed by atoms with Crippen LogP contribution in [0.3, 0.4) is 0 Å². The number of halogens is 1. The number of pyridine rings is 1. The molecule has 1 amide bonds. The zero-order chi connectivity index (χ0) is 13.9.